The minimum absolute atomic E-state index is 0.0394. The van der Waals surface area contributed by atoms with E-state index in [1.165, 1.54) is 18.3 Å². The molecule has 1 aromatic heterocycles. The quantitative estimate of drug-likeness (QED) is 0.497. The summed E-state index contributed by atoms with van der Waals surface area (Å²) in [5.74, 6) is 0.936. The number of hydrogen-bond donors (Lipinski definition) is 0. The van der Waals surface area contributed by atoms with Gasteiger partial charge in [0.05, 0.1) is 14.2 Å². The van der Waals surface area contributed by atoms with Crippen molar-refractivity contribution in [3.8, 4) is 17.2 Å². The van der Waals surface area contributed by atoms with Crippen LogP contribution in [0.2, 0.25) is 0 Å². The van der Waals surface area contributed by atoms with Gasteiger partial charge in [0, 0.05) is 0 Å². The summed E-state index contributed by atoms with van der Waals surface area (Å²) in [7, 11) is 2.98. The zero-order chi connectivity index (χ0) is 19.1. The zero-order valence-corrected chi connectivity index (χ0v) is 16.0. The molecule has 1 aromatic carbocycles. The zero-order valence-electron chi connectivity index (χ0n) is 16.0. The Morgan fingerprint density at radius 2 is 1.85 bits per heavy atom. The fraction of sp³-hybridized carbons (Fsp3) is 0.381. The highest BCUT2D eigenvalue weighted by atomic mass is 16.5. The van der Waals surface area contributed by atoms with Gasteiger partial charge in [0.15, 0.2) is 5.75 Å². The minimum atomic E-state index is -0.576. The maximum absolute atomic E-state index is 12.2. The number of benzene rings is 1. The van der Waals surface area contributed by atoms with Crippen LogP contribution in [0.25, 0.3) is 11.0 Å². The smallest absolute Gasteiger partial charge is 0.383 e. The van der Waals surface area contributed by atoms with E-state index < -0.39 is 5.63 Å². The first kappa shape index (κ1) is 19.6. The molecule has 5 nitrogen and oxygen atoms in total. The first-order chi connectivity index (χ1) is 12.5. The summed E-state index contributed by atoms with van der Waals surface area (Å²) in [5.41, 5.74) is 2.36. The van der Waals surface area contributed by atoms with Crippen LogP contribution in [0, 0.1) is 0 Å². The lowest BCUT2D eigenvalue weighted by molar-refractivity contribution is 0.314. The number of hydrogen-bond acceptors (Lipinski definition) is 5. The molecule has 26 heavy (non-hydrogen) atoms. The summed E-state index contributed by atoms with van der Waals surface area (Å²) < 4.78 is 21.8. The van der Waals surface area contributed by atoms with Gasteiger partial charge in [-0.15, -0.1) is 0 Å². The molecule has 0 unspecified atom stereocenters. The Hall–Kier alpha value is -2.69. The van der Waals surface area contributed by atoms with Crippen LogP contribution in [-0.4, -0.2) is 20.8 Å². The van der Waals surface area contributed by atoms with E-state index in [1.54, 1.807) is 25.3 Å². The van der Waals surface area contributed by atoms with E-state index in [2.05, 4.69) is 26.8 Å². The van der Waals surface area contributed by atoms with Crippen LogP contribution in [-0.2, 0) is 0 Å². The third-order valence-corrected chi connectivity index (χ3v) is 3.98. The van der Waals surface area contributed by atoms with Crippen molar-refractivity contribution in [2.24, 2.45) is 0 Å². The van der Waals surface area contributed by atoms with Crippen LogP contribution >= 0.6 is 0 Å². The molecule has 1 heterocycles. The van der Waals surface area contributed by atoms with Gasteiger partial charge in [-0.25, -0.2) is 4.79 Å². The molecule has 0 aliphatic heterocycles. The Labute approximate surface area is 153 Å². The normalized spacial score (nSPS) is 11.3. The number of ether oxygens (including phenoxy) is 3. The molecule has 0 atom stereocenters. The fourth-order valence-corrected chi connectivity index (χ4v) is 2.61. The van der Waals surface area contributed by atoms with Crippen molar-refractivity contribution in [2.75, 3.05) is 20.8 Å². The summed E-state index contributed by atoms with van der Waals surface area (Å²) in [4.78, 5) is 12.2. The molecular formula is C21H26O5. The van der Waals surface area contributed by atoms with Crippen LogP contribution in [0.1, 0.15) is 33.6 Å². The topological polar surface area (TPSA) is 57.9 Å². The molecule has 5 heteroatoms. The summed E-state index contributed by atoms with van der Waals surface area (Å²) in [6.07, 6.45) is 6.18. The van der Waals surface area contributed by atoms with Crippen LogP contribution in [0.5, 0.6) is 17.2 Å². The Kier molecular flexibility index (Phi) is 6.89. The Morgan fingerprint density at radius 1 is 1.08 bits per heavy atom. The van der Waals surface area contributed by atoms with E-state index >= 15 is 0 Å². The molecule has 0 N–H and O–H groups in total. The maximum Gasteiger partial charge on any atom is 0.383 e. The first-order valence-electron chi connectivity index (χ1n) is 8.57. The molecule has 0 radical (unpaired) electrons. The second-order valence-corrected chi connectivity index (χ2v) is 6.27. The number of rotatable bonds is 8. The molecule has 2 aromatic rings. The predicted octanol–water partition coefficient (Wildman–Crippen LogP) is 4.88. The van der Waals surface area contributed by atoms with Crippen molar-refractivity contribution in [3.63, 3.8) is 0 Å². The molecular weight excluding hydrogens is 332 g/mol. The lowest BCUT2D eigenvalue weighted by Crippen LogP contribution is -2.08. The number of allylic oxidation sites excluding steroid dienone is 3. The molecule has 0 bridgehead atoms. The standard InChI is InChI=1S/C21H26O5/c1-14(2)8-6-9-15(3)12-13-25-19-18-16(23-4)10-7-11-17(18)26-21(22)20(19)24-5/h7-8,10-12H,6,9,13H2,1-5H3. The molecule has 2 rings (SSSR count). The summed E-state index contributed by atoms with van der Waals surface area (Å²) in [6.45, 7) is 6.58. The van der Waals surface area contributed by atoms with Crippen LogP contribution in [0.3, 0.4) is 0 Å². The number of fused-ring (bicyclic) bond motifs is 1. The van der Waals surface area contributed by atoms with Gasteiger partial charge in [-0.05, 0) is 51.8 Å². The monoisotopic (exact) mass is 358 g/mol. The molecule has 0 amide bonds. The van der Waals surface area contributed by atoms with E-state index in [1.807, 2.05) is 6.08 Å². The predicted molar refractivity (Wildman–Crippen MR) is 104 cm³/mol. The molecule has 0 saturated heterocycles. The van der Waals surface area contributed by atoms with Crippen molar-refractivity contribution in [2.45, 2.75) is 33.6 Å². The molecule has 0 aliphatic carbocycles. The second kappa shape index (κ2) is 9.13. The fourth-order valence-electron chi connectivity index (χ4n) is 2.61. The Balaban J connectivity index is 2.30. The SMILES string of the molecule is COc1c(OCC=C(C)CCC=C(C)C)c2c(OC)cccc2oc1=O. The summed E-state index contributed by atoms with van der Waals surface area (Å²) in [5, 5.41) is 0.585. The third-order valence-electron chi connectivity index (χ3n) is 3.98. The van der Waals surface area contributed by atoms with Crippen LogP contribution < -0.4 is 19.8 Å². The minimum Gasteiger partial charge on any atom is -0.496 e. The number of methoxy groups -OCH3 is 2. The highest BCUT2D eigenvalue weighted by molar-refractivity contribution is 5.91. The van der Waals surface area contributed by atoms with Gasteiger partial charge < -0.3 is 18.6 Å². The molecule has 0 fully saturated rings. The van der Waals surface area contributed by atoms with Crippen molar-refractivity contribution in [1.29, 1.82) is 0 Å². The van der Waals surface area contributed by atoms with Gasteiger partial charge in [0.1, 0.15) is 23.3 Å². The molecule has 140 valence electrons. The Bertz CT molecular complexity index is 870. The lowest BCUT2D eigenvalue weighted by Gasteiger charge is -2.13. The van der Waals surface area contributed by atoms with Crippen molar-refractivity contribution in [1.82, 2.24) is 0 Å². The molecule has 0 spiro atoms. The van der Waals surface area contributed by atoms with Crippen molar-refractivity contribution in [3.05, 3.63) is 51.9 Å². The summed E-state index contributed by atoms with van der Waals surface area (Å²) >= 11 is 0. The average molecular weight is 358 g/mol. The average Bonchev–Trinajstić information content (AvgIpc) is 2.60. The second-order valence-electron chi connectivity index (χ2n) is 6.27. The van der Waals surface area contributed by atoms with Gasteiger partial charge in [-0.1, -0.05) is 23.3 Å². The highest BCUT2D eigenvalue weighted by Gasteiger charge is 2.19. The van der Waals surface area contributed by atoms with E-state index in [0.717, 1.165) is 12.8 Å². The molecule has 0 aliphatic rings. The lowest BCUT2D eigenvalue weighted by atomic mass is 10.1. The maximum atomic E-state index is 12.2. The molecule has 0 saturated carbocycles. The van der Waals surface area contributed by atoms with Crippen LogP contribution in [0.4, 0.5) is 0 Å². The Morgan fingerprint density at radius 3 is 2.50 bits per heavy atom. The van der Waals surface area contributed by atoms with Crippen molar-refractivity contribution < 1.29 is 18.6 Å². The highest BCUT2D eigenvalue weighted by Crippen LogP contribution is 2.38. The van der Waals surface area contributed by atoms with Gasteiger partial charge in [-0.3, -0.25) is 0 Å². The van der Waals surface area contributed by atoms with Gasteiger partial charge >= 0.3 is 5.63 Å². The van der Waals surface area contributed by atoms with Crippen molar-refractivity contribution >= 4 is 11.0 Å². The van der Waals surface area contributed by atoms with Gasteiger partial charge in [0.25, 0.3) is 0 Å². The first-order valence-corrected chi connectivity index (χ1v) is 8.57. The van der Waals surface area contributed by atoms with E-state index in [4.69, 9.17) is 18.6 Å². The van der Waals surface area contributed by atoms with E-state index in [9.17, 15) is 4.79 Å². The van der Waals surface area contributed by atoms with Gasteiger partial charge in [-0.2, -0.15) is 0 Å². The largest absolute Gasteiger partial charge is 0.496 e. The third kappa shape index (κ3) is 4.69. The van der Waals surface area contributed by atoms with Crippen LogP contribution in [0.15, 0.2) is 50.7 Å². The van der Waals surface area contributed by atoms with E-state index in [0.29, 0.717) is 29.1 Å². The van der Waals surface area contributed by atoms with E-state index in [-0.39, 0.29) is 5.75 Å². The van der Waals surface area contributed by atoms with Gasteiger partial charge in [0.2, 0.25) is 5.75 Å². The summed E-state index contributed by atoms with van der Waals surface area (Å²) in [6, 6.07) is 5.24.